The molecule has 2 heterocycles. The lowest BCUT2D eigenvalue weighted by Crippen LogP contribution is -2.33. The maximum Gasteiger partial charge on any atom is 0.278 e. The first-order valence-corrected chi connectivity index (χ1v) is 6.33. The van der Waals surface area contributed by atoms with Crippen LogP contribution >= 0.6 is 0 Å². The van der Waals surface area contributed by atoms with Crippen molar-refractivity contribution in [3.8, 4) is 0 Å². The number of hydrogen-bond donors (Lipinski definition) is 1. The largest absolute Gasteiger partial charge is 0.382 e. The van der Waals surface area contributed by atoms with Crippen LogP contribution in [0, 0.1) is 0 Å². The van der Waals surface area contributed by atoms with Crippen molar-refractivity contribution in [1.82, 2.24) is 9.78 Å². The van der Waals surface area contributed by atoms with Crippen LogP contribution < -0.4 is 0 Å². The van der Waals surface area contributed by atoms with Crippen LogP contribution in [0.5, 0.6) is 0 Å². The smallest absolute Gasteiger partial charge is 0.278 e. The number of aromatic nitrogens is 2. The van der Waals surface area contributed by atoms with E-state index in [1.807, 2.05) is 0 Å². The highest BCUT2D eigenvalue weighted by Crippen LogP contribution is 2.42. The lowest BCUT2D eigenvalue weighted by Gasteiger charge is -2.30. The molecule has 1 saturated heterocycles. The summed E-state index contributed by atoms with van der Waals surface area (Å²) < 4.78 is 34.1. The normalized spacial score (nSPS) is 31.1. The number of nitrogens with zero attached hydrogens (tertiary/aromatic N) is 2. The van der Waals surface area contributed by atoms with Gasteiger partial charge >= 0.3 is 0 Å². The summed E-state index contributed by atoms with van der Waals surface area (Å²) >= 11 is 0. The second kappa shape index (κ2) is 4.28. The molecule has 18 heavy (non-hydrogen) atoms. The molecule has 0 bridgehead atoms. The van der Waals surface area contributed by atoms with Crippen molar-refractivity contribution in [3.63, 3.8) is 0 Å². The summed E-state index contributed by atoms with van der Waals surface area (Å²) in [5.74, 6) is -3.05. The summed E-state index contributed by atoms with van der Waals surface area (Å²) in [7, 11) is 0. The minimum atomic E-state index is -3.05. The molecule has 1 aromatic heterocycles. The number of alkyl halides is 2. The lowest BCUT2D eigenvalue weighted by molar-refractivity contribution is -0.123. The molecule has 1 aromatic rings. The van der Waals surface area contributed by atoms with E-state index in [2.05, 4.69) is 5.10 Å². The summed E-state index contributed by atoms with van der Waals surface area (Å²) in [6.07, 6.45) is 2.28. The molecule has 0 amide bonds. The van der Waals surface area contributed by atoms with Gasteiger partial charge in [-0.05, 0) is 25.7 Å². The Morgan fingerprint density at radius 2 is 2.28 bits per heavy atom. The molecule has 1 aliphatic heterocycles. The summed E-state index contributed by atoms with van der Waals surface area (Å²) in [6, 6.07) is 0. The van der Waals surface area contributed by atoms with Crippen molar-refractivity contribution in [1.29, 1.82) is 0 Å². The SMILES string of the molecule is O[C@H]1c2cnn(C3CCCCO3)c2CCC1(F)F. The zero-order valence-corrected chi connectivity index (χ0v) is 9.98. The van der Waals surface area contributed by atoms with Gasteiger partial charge in [0, 0.05) is 24.3 Å². The highest BCUT2D eigenvalue weighted by Gasteiger charge is 2.45. The second-order valence-electron chi connectivity index (χ2n) is 4.98. The van der Waals surface area contributed by atoms with Gasteiger partial charge in [0.2, 0.25) is 0 Å². The van der Waals surface area contributed by atoms with E-state index in [9.17, 15) is 13.9 Å². The molecule has 0 spiro atoms. The number of hydrogen-bond acceptors (Lipinski definition) is 3. The summed E-state index contributed by atoms with van der Waals surface area (Å²) in [4.78, 5) is 0. The number of ether oxygens (including phenoxy) is 1. The van der Waals surface area contributed by atoms with Crippen molar-refractivity contribution in [2.45, 2.75) is 50.4 Å². The van der Waals surface area contributed by atoms with Crippen molar-refractivity contribution >= 4 is 0 Å². The van der Waals surface area contributed by atoms with E-state index in [1.54, 1.807) is 4.68 Å². The van der Waals surface area contributed by atoms with Gasteiger partial charge in [-0.2, -0.15) is 5.10 Å². The van der Waals surface area contributed by atoms with Crippen LogP contribution in [0.1, 0.15) is 49.3 Å². The molecule has 0 saturated carbocycles. The fourth-order valence-electron chi connectivity index (χ4n) is 2.70. The van der Waals surface area contributed by atoms with E-state index < -0.39 is 12.0 Å². The Bertz CT molecular complexity index is 441. The van der Waals surface area contributed by atoms with E-state index in [4.69, 9.17) is 4.74 Å². The Balaban J connectivity index is 1.91. The zero-order valence-electron chi connectivity index (χ0n) is 9.98. The van der Waals surface area contributed by atoms with Crippen LogP contribution in [0.15, 0.2) is 6.20 Å². The lowest BCUT2D eigenvalue weighted by atomic mass is 9.91. The highest BCUT2D eigenvalue weighted by molar-refractivity contribution is 5.26. The maximum absolute atomic E-state index is 13.4. The summed E-state index contributed by atoms with van der Waals surface area (Å²) in [6.45, 7) is 0.679. The van der Waals surface area contributed by atoms with E-state index in [-0.39, 0.29) is 24.6 Å². The van der Waals surface area contributed by atoms with Crippen LogP contribution in [0.2, 0.25) is 0 Å². The molecule has 0 radical (unpaired) electrons. The van der Waals surface area contributed by atoms with Crippen LogP contribution in [-0.2, 0) is 11.2 Å². The number of aliphatic hydroxyl groups excluding tert-OH is 1. The fourth-order valence-corrected chi connectivity index (χ4v) is 2.70. The molecule has 6 heteroatoms. The molecule has 1 aliphatic carbocycles. The average Bonchev–Trinajstić information content (AvgIpc) is 2.79. The molecule has 1 fully saturated rings. The van der Waals surface area contributed by atoms with Gasteiger partial charge in [-0.15, -0.1) is 0 Å². The number of halogens is 2. The number of aliphatic hydroxyl groups is 1. The highest BCUT2D eigenvalue weighted by atomic mass is 19.3. The van der Waals surface area contributed by atoms with E-state index in [0.717, 1.165) is 19.3 Å². The van der Waals surface area contributed by atoms with Gasteiger partial charge in [0.05, 0.1) is 6.20 Å². The van der Waals surface area contributed by atoms with E-state index in [1.165, 1.54) is 6.20 Å². The minimum Gasteiger partial charge on any atom is -0.382 e. The number of rotatable bonds is 1. The molecule has 2 atom stereocenters. The molecule has 1 N–H and O–H groups in total. The molecule has 4 nitrogen and oxygen atoms in total. The first kappa shape index (κ1) is 12.0. The Labute approximate surface area is 104 Å². The molecule has 0 aromatic carbocycles. The molecular weight excluding hydrogens is 242 g/mol. The van der Waals surface area contributed by atoms with Crippen LogP contribution in [0.4, 0.5) is 8.78 Å². The first-order valence-electron chi connectivity index (χ1n) is 6.33. The van der Waals surface area contributed by atoms with Crippen molar-refractivity contribution in [2.75, 3.05) is 6.61 Å². The zero-order chi connectivity index (χ0) is 12.8. The predicted octanol–water partition coefficient (Wildman–Crippen LogP) is 2.20. The topological polar surface area (TPSA) is 47.3 Å². The Morgan fingerprint density at radius 3 is 3.00 bits per heavy atom. The van der Waals surface area contributed by atoms with Gasteiger partial charge in [0.1, 0.15) is 12.3 Å². The van der Waals surface area contributed by atoms with Gasteiger partial charge in [-0.3, -0.25) is 0 Å². The van der Waals surface area contributed by atoms with Gasteiger partial charge in [-0.25, -0.2) is 13.5 Å². The molecular formula is C12H16F2N2O2. The number of fused-ring (bicyclic) bond motifs is 1. The quantitative estimate of drug-likeness (QED) is 0.840. The Kier molecular flexibility index (Phi) is 2.86. The van der Waals surface area contributed by atoms with E-state index >= 15 is 0 Å². The Hall–Kier alpha value is -1.01. The van der Waals surface area contributed by atoms with Crippen molar-refractivity contribution in [2.24, 2.45) is 0 Å². The Morgan fingerprint density at radius 1 is 1.44 bits per heavy atom. The van der Waals surface area contributed by atoms with E-state index in [0.29, 0.717) is 12.3 Å². The molecule has 1 unspecified atom stereocenters. The molecule has 100 valence electrons. The summed E-state index contributed by atoms with van der Waals surface area (Å²) in [5, 5.41) is 13.8. The van der Waals surface area contributed by atoms with Crippen LogP contribution in [-0.4, -0.2) is 27.4 Å². The van der Waals surface area contributed by atoms with Gasteiger partial charge in [0.15, 0.2) is 0 Å². The fraction of sp³-hybridized carbons (Fsp3) is 0.750. The van der Waals surface area contributed by atoms with Crippen LogP contribution in [0.25, 0.3) is 0 Å². The summed E-state index contributed by atoms with van der Waals surface area (Å²) in [5.41, 5.74) is 0.945. The monoisotopic (exact) mass is 258 g/mol. The van der Waals surface area contributed by atoms with Gasteiger partial charge in [0.25, 0.3) is 5.92 Å². The predicted molar refractivity (Wildman–Crippen MR) is 59.3 cm³/mol. The second-order valence-corrected chi connectivity index (χ2v) is 4.98. The standard InChI is InChI=1S/C12H16F2N2O2/c13-12(14)5-4-9-8(11(12)17)7-15-16(9)10-3-1-2-6-18-10/h7,10-11,17H,1-6H2/t10?,11-/m0/s1. The third-order valence-corrected chi connectivity index (χ3v) is 3.75. The van der Waals surface area contributed by atoms with Crippen molar-refractivity contribution in [3.05, 3.63) is 17.5 Å². The third kappa shape index (κ3) is 1.83. The van der Waals surface area contributed by atoms with Gasteiger partial charge in [-0.1, -0.05) is 0 Å². The van der Waals surface area contributed by atoms with Gasteiger partial charge < -0.3 is 9.84 Å². The minimum absolute atomic E-state index is 0.165. The molecule has 3 rings (SSSR count). The maximum atomic E-state index is 13.4. The van der Waals surface area contributed by atoms with Crippen LogP contribution in [0.3, 0.4) is 0 Å². The van der Waals surface area contributed by atoms with Crippen molar-refractivity contribution < 1.29 is 18.6 Å². The average molecular weight is 258 g/mol. The third-order valence-electron chi connectivity index (χ3n) is 3.75. The first-order chi connectivity index (χ1) is 8.59. The molecule has 2 aliphatic rings.